The van der Waals surface area contributed by atoms with Gasteiger partial charge in [-0.1, -0.05) is 38.1 Å². The molecule has 0 saturated heterocycles. The summed E-state index contributed by atoms with van der Waals surface area (Å²) in [4.78, 5) is 0. The second-order valence-corrected chi connectivity index (χ2v) is 6.78. The van der Waals surface area contributed by atoms with Crippen LogP contribution < -0.4 is 5.32 Å². The molecule has 1 aromatic rings. The third-order valence-electron chi connectivity index (χ3n) is 4.41. The van der Waals surface area contributed by atoms with Gasteiger partial charge in [0.1, 0.15) is 0 Å². The summed E-state index contributed by atoms with van der Waals surface area (Å²) in [6, 6.07) is 9.34. The fourth-order valence-corrected chi connectivity index (χ4v) is 3.07. The van der Waals surface area contributed by atoms with Crippen LogP contribution >= 0.6 is 0 Å². The quantitative estimate of drug-likeness (QED) is 0.712. The molecule has 0 radical (unpaired) electrons. The first-order valence-corrected chi connectivity index (χ1v) is 8.59. The summed E-state index contributed by atoms with van der Waals surface area (Å²) in [5.41, 5.74) is 2.89. The molecule has 1 aromatic carbocycles. The van der Waals surface area contributed by atoms with Crippen molar-refractivity contribution in [3.05, 3.63) is 35.4 Å². The van der Waals surface area contributed by atoms with Crippen LogP contribution in [0.1, 0.15) is 63.7 Å². The van der Waals surface area contributed by atoms with Gasteiger partial charge in [0.2, 0.25) is 0 Å². The lowest BCUT2D eigenvalue weighted by Gasteiger charge is -2.26. The van der Waals surface area contributed by atoms with Gasteiger partial charge in [-0.3, -0.25) is 0 Å². The summed E-state index contributed by atoms with van der Waals surface area (Å²) in [7, 11) is 0. The lowest BCUT2D eigenvalue weighted by atomic mass is 9.89. The largest absolute Gasteiger partial charge is 0.372 e. The normalized spacial score (nSPS) is 19.5. The molecule has 0 aromatic heterocycles. The molecule has 0 fully saturated rings. The van der Waals surface area contributed by atoms with E-state index in [9.17, 15) is 0 Å². The zero-order valence-corrected chi connectivity index (χ0v) is 13.9. The predicted octanol–water partition coefficient (Wildman–Crippen LogP) is 4.49. The maximum Gasteiger partial charge on any atom is 0.0828 e. The molecule has 1 N–H and O–H groups in total. The summed E-state index contributed by atoms with van der Waals surface area (Å²) in [6.45, 7) is 8.62. The molecule has 21 heavy (non-hydrogen) atoms. The van der Waals surface area contributed by atoms with Crippen molar-refractivity contribution in [2.45, 2.75) is 65.0 Å². The van der Waals surface area contributed by atoms with E-state index in [-0.39, 0.29) is 0 Å². The smallest absolute Gasteiger partial charge is 0.0828 e. The number of benzene rings is 1. The minimum Gasteiger partial charge on any atom is -0.372 e. The van der Waals surface area contributed by atoms with Gasteiger partial charge in [0.25, 0.3) is 0 Å². The number of rotatable bonds is 8. The molecule has 1 aliphatic rings. The first kappa shape index (κ1) is 16.5. The highest BCUT2D eigenvalue weighted by molar-refractivity contribution is 5.31. The third-order valence-corrected chi connectivity index (χ3v) is 4.41. The van der Waals surface area contributed by atoms with Gasteiger partial charge in [-0.2, -0.15) is 0 Å². The van der Waals surface area contributed by atoms with Crippen LogP contribution in [0, 0.1) is 5.92 Å². The van der Waals surface area contributed by atoms with Crippen LogP contribution in [0.3, 0.4) is 0 Å². The molecular formula is C19H31NO. The Balaban J connectivity index is 1.68. The molecule has 0 saturated carbocycles. The van der Waals surface area contributed by atoms with Crippen molar-refractivity contribution in [1.82, 2.24) is 5.32 Å². The van der Waals surface area contributed by atoms with Crippen molar-refractivity contribution in [3.8, 4) is 0 Å². The molecule has 2 heteroatoms. The van der Waals surface area contributed by atoms with Crippen LogP contribution in [0.25, 0.3) is 0 Å². The van der Waals surface area contributed by atoms with E-state index in [4.69, 9.17) is 4.74 Å². The van der Waals surface area contributed by atoms with Crippen LogP contribution in [0.4, 0.5) is 0 Å². The Kier molecular flexibility index (Phi) is 6.72. The highest BCUT2D eigenvalue weighted by Crippen LogP contribution is 2.31. The Labute approximate surface area is 130 Å². The van der Waals surface area contributed by atoms with Gasteiger partial charge >= 0.3 is 0 Å². The molecule has 118 valence electrons. The van der Waals surface area contributed by atoms with Gasteiger partial charge < -0.3 is 10.1 Å². The van der Waals surface area contributed by atoms with E-state index in [1.165, 1.54) is 43.2 Å². The first-order valence-electron chi connectivity index (χ1n) is 8.59. The SMILES string of the molecule is CC(C)CCC(C)NCCOC1CCCc2ccccc21. The number of hydrogen-bond donors (Lipinski definition) is 1. The van der Waals surface area contributed by atoms with Crippen LogP contribution in [0.15, 0.2) is 24.3 Å². The molecule has 1 aliphatic carbocycles. The van der Waals surface area contributed by atoms with Gasteiger partial charge in [0.05, 0.1) is 12.7 Å². The Hall–Kier alpha value is -0.860. The first-order chi connectivity index (χ1) is 10.2. The molecule has 2 rings (SSSR count). The zero-order valence-electron chi connectivity index (χ0n) is 13.9. The van der Waals surface area contributed by atoms with Gasteiger partial charge in [-0.25, -0.2) is 0 Å². The molecule has 0 spiro atoms. The molecule has 2 nitrogen and oxygen atoms in total. The molecule has 0 heterocycles. The van der Waals surface area contributed by atoms with E-state index in [1.54, 1.807) is 0 Å². The van der Waals surface area contributed by atoms with Crippen LogP contribution in [0.5, 0.6) is 0 Å². The van der Waals surface area contributed by atoms with Crippen molar-refractivity contribution < 1.29 is 4.74 Å². The summed E-state index contributed by atoms with van der Waals surface area (Å²) in [6.07, 6.45) is 6.48. The van der Waals surface area contributed by atoms with Gasteiger partial charge in [-0.15, -0.1) is 0 Å². The lowest BCUT2D eigenvalue weighted by Crippen LogP contribution is -2.30. The minimum absolute atomic E-state index is 0.308. The second-order valence-electron chi connectivity index (χ2n) is 6.78. The number of fused-ring (bicyclic) bond motifs is 1. The minimum atomic E-state index is 0.308. The molecule has 2 atom stereocenters. The highest BCUT2D eigenvalue weighted by atomic mass is 16.5. The average molecular weight is 289 g/mol. The summed E-state index contributed by atoms with van der Waals surface area (Å²) in [5, 5.41) is 3.58. The van der Waals surface area contributed by atoms with Crippen LogP contribution in [-0.2, 0) is 11.2 Å². The van der Waals surface area contributed by atoms with Crippen molar-refractivity contribution in [2.75, 3.05) is 13.2 Å². The Morgan fingerprint density at radius 1 is 1.19 bits per heavy atom. The molecular weight excluding hydrogens is 258 g/mol. The van der Waals surface area contributed by atoms with E-state index in [1.807, 2.05) is 0 Å². The topological polar surface area (TPSA) is 21.3 Å². The van der Waals surface area contributed by atoms with E-state index in [2.05, 4.69) is 50.4 Å². The summed E-state index contributed by atoms with van der Waals surface area (Å²) < 4.78 is 6.12. The Morgan fingerprint density at radius 3 is 2.81 bits per heavy atom. The van der Waals surface area contributed by atoms with Crippen molar-refractivity contribution >= 4 is 0 Å². The van der Waals surface area contributed by atoms with E-state index in [0.29, 0.717) is 12.1 Å². The van der Waals surface area contributed by atoms with Crippen LogP contribution in [0.2, 0.25) is 0 Å². The van der Waals surface area contributed by atoms with Gasteiger partial charge in [-0.05, 0) is 56.1 Å². The standard InChI is InChI=1S/C19H31NO/c1-15(2)11-12-16(3)20-13-14-21-19-10-6-8-17-7-4-5-9-18(17)19/h4-5,7,9,15-16,19-20H,6,8,10-14H2,1-3H3. The second kappa shape index (κ2) is 8.55. The lowest BCUT2D eigenvalue weighted by molar-refractivity contribution is 0.0416. The van der Waals surface area contributed by atoms with Crippen molar-refractivity contribution in [1.29, 1.82) is 0 Å². The zero-order chi connectivity index (χ0) is 15.1. The Bertz CT molecular complexity index is 416. The van der Waals surface area contributed by atoms with Gasteiger partial charge in [0.15, 0.2) is 0 Å². The Morgan fingerprint density at radius 2 is 2.00 bits per heavy atom. The maximum atomic E-state index is 6.12. The van der Waals surface area contributed by atoms with E-state index < -0.39 is 0 Å². The monoisotopic (exact) mass is 289 g/mol. The molecule has 0 aliphatic heterocycles. The maximum absolute atomic E-state index is 6.12. The fourth-order valence-electron chi connectivity index (χ4n) is 3.07. The number of aryl methyl sites for hydroxylation is 1. The average Bonchev–Trinajstić information content (AvgIpc) is 2.49. The molecule has 2 unspecified atom stereocenters. The van der Waals surface area contributed by atoms with E-state index in [0.717, 1.165) is 19.1 Å². The van der Waals surface area contributed by atoms with Crippen LogP contribution in [-0.4, -0.2) is 19.2 Å². The number of hydrogen-bond acceptors (Lipinski definition) is 2. The van der Waals surface area contributed by atoms with Crippen molar-refractivity contribution in [2.24, 2.45) is 5.92 Å². The number of ether oxygens (including phenoxy) is 1. The summed E-state index contributed by atoms with van der Waals surface area (Å²) in [5.74, 6) is 0.796. The van der Waals surface area contributed by atoms with Crippen molar-refractivity contribution in [3.63, 3.8) is 0 Å². The van der Waals surface area contributed by atoms with Gasteiger partial charge in [0, 0.05) is 12.6 Å². The predicted molar refractivity (Wildman–Crippen MR) is 89.6 cm³/mol. The molecule has 0 bridgehead atoms. The third kappa shape index (κ3) is 5.44. The number of nitrogens with one attached hydrogen (secondary N) is 1. The summed E-state index contributed by atoms with van der Waals surface area (Å²) >= 11 is 0. The highest BCUT2D eigenvalue weighted by Gasteiger charge is 2.19. The van der Waals surface area contributed by atoms with E-state index >= 15 is 0 Å². The molecule has 0 amide bonds. The fraction of sp³-hybridized carbons (Fsp3) is 0.684.